The van der Waals surface area contributed by atoms with E-state index in [1.165, 1.54) is 10.4 Å². The molecule has 2 nitrogen and oxygen atoms in total. The average molecular weight is 338 g/mol. The van der Waals surface area contributed by atoms with E-state index in [-0.39, 0.29) is 6.10 Å². The zero-order chi connectivity index (χ0) is 13.2. The van der Waals surface area contributed by atoms with Gasteiger partial charge in [-0.25, -0.2) is 0 Å². The van der Waals surface area contributed by atoms with Gasteiger partial charge in [0.2, 0.25) is 0 Å². The summed E-state index contributed by atoms with van der Waals surface area (Å²) in [5.41, 5.74) is 1.28. The van der Waals surface area contributed by atoms with Gasteiger partial charge in [0.15, 0.2) is 0 Å². The number of rotatable bonds is 2. The van der Waals surface area contributed by atoms with Crippen LogP contribution in [0.5, 0.6) is 5.75 Å². The second-order valence-corrected chi connectivity index (χ2v) is 6.57. The maximum Gasteiger partial charge on any atom is 0.145 e. The molecule has 2 aromatic rings. The predicted molar refractivity (Wildman–Crippen MR) is 82.8 cm³/mol. The molecule has 3 rings (SSSR count). The number of hydrogen-bond donors (Lipinski definition) is 0. The third-order valence-corrected chi connectivity index (χ3v) is 5.20. The van der Waals surface area contributed by atoms with Crippen LogP contribution in [0.3, 0.4) is 0 Å². The highest BCUT2D eigenvalue weighted by molar-refractivity contribution is 9.10. The smallest absolute Gasteiger partial charge is 0.145 e. The fraction of sp³-hybridized carbons (Fsp3) is 0.333. The maximum absolute atomic E-state index is 6.24. The number of halogens is 1. The summed E-state index contributed by atoms with van der Waals surface area (Å²) < 4.78 is 7.37. The van der Waals surface area contributed by atoms with E-state index in [1.807, 2.05) is 6.07 Å². The van der Waals surface area contributed by atoms with E-state index < -0.39 is 0 Å². The average Bonchev–Trinajstić information content (AvgIpc) is 2.75. The molecule has 0 N–H and O–H groups in total. The molecule has 1 atom stereocenters. The van der Waals surface area contributed by atoms with Crippen molar-refractivity contribution in [3.63, 3.8) is 0 Å². The van der Waals surface area contributed by atoms with Gasteiger partial charge in [-0.2, -0.15) is 0 Å². The first-order chi connectivity index (χ1) is 9.26. The number of fused-ring (bicyclic) bond motifs is 1. The molecule has 0 amide bonds. The van der Waals surface area contributed by atoms with Crippen molar-refractivity contribution in [2.75, 3.05) is 13.1 Å². The minimum absolute atomic E-state index is 0.125. The van der Waals surface area contributed by atoms with Crippen LogP contribution in [0.2, 0.25) is 0 Å². The molecule has 0 fully saturated rings. The van der Waals surface area contributed by atoms with Crippen LogP contribution in [0.25, 0.3) is 0 Å². The molecule has 4 heteroatoms. The zero-order valence-electron chi connectivity index (χ0n) is 10.8. The van der Waals surface area contributed by atoms with E-state index in [1.54, 1.807) is 11.3 Å². The van der Waals surface area contributed by atoms with Crippen LogP contribution in [-0.4, -0.2) is 18.0 Å². The first-order valence-electron chi connectivity index (χ1n) is 6.47. The minimum Gasteiger partial charge on any atom is -0.483 e. The van der Waals surface area contributed by atoms with Gasteiger partial charge in [-0.05, 0) is 34.6 Å². The molecule has 0 bridgehead atoms. The summed E-state index contributed by atoms with van der Waals surface area (Å²) in [7, 11) is 0. The summed E-state index contributed by atoms with van der Waals surface area (Å²) in [6, 6.07) is 10.5. The molecule has 100 valence electrons. The molecule has 0 spiro atoms. The largest absolute Gasteiger partial charge is 0.483 e. The van der Waals surface area contributed by atoms with Crippen LogP contribution in [0.15, 0.2) is 40.2 Å². The van der Waals surface area contributed by atoms with Gasteiger partial charge < -0.3 is 4.74 Å². The number of para-hydroxylation sites is 1. The van der Waals surface area contributed by atoms with Gasteiger partial charge in [0.1, 0.15) is 11.9 Å². The number of ether oxygens (including phenoxy) is 1. The van der Waals surface area contributed by atoms with Crippen molar-refractivity contribution in [1.82, 2.24) is 4.90 Å². The van der Waals surface area contributed by atoms with E-state index >= 15 is 0 Å². The number of benzene rings is 1. The highest BCUT2D eigenvalue weighted by atomic mass is 79.9. The van der Waals surface area contributed by atoms with Gasteiger partial charge in [0, 0.05) is 33.4 Å². The van der Waals surface area contributed by atoms with Crippen LogP contribution in [0, 0.1) is 0 Å². The highest BCUT2D eigenvalue weighted by Gasteiger charge is 2.24. The monoisotopic (exact) mass is 337 g/mol. The topological polar surface area (TPSA) is 12.5 Å². The van der Waals surface area contributed by atoms with Gasteiger partial charge in [-0.1, -0.05) is 25.1 Å². The van der Waals surface area contributed by atoms with E-state index in [4.69, 9.17) is 4.74 Å². The Morgan fingerprint density at radius 2 is 2.26 bits per heavy atom. The highest BCUT2D eigenvalue weighted by Crippen LogP contribution is 2.34. The SMILES string of the molecule is CCN1Cc2ccccc2OC(c2cc(Br)cs2)C1. The molecule has 0 aliphatic carbocycles. The lowest BCUT2D eigenvalue weighted by Crippen LogP contribution is -2.27. The molecule has 0 saturated carbocycles. The van der Waals surface area contributed by atoms with Crippen LogP contribution >= 0.6 is 27.3 Å². The molecule has 19 heavy (non-hydrogen) atoms. The quantitative estimate of drug-likeness (QED) is 0.801. The van der Waals surface area contributed by atoms with Gasteiger partial charge in [-0.3, -0.25) is 4.90 Å². The Hall–Kier alpha value is -0.840. The Balaban J connectivity index is 1.94. The first kappa shape index (κ1) is 13.2. The summed E-state index contributed by atoms with van der Waals surface area (Å²) in [4.78, 5) is 3.71. The second-order valence-electron chi connectivity index (χ2n) is 4.71. The Morgan fingerprint density at radius 3 is 3.00 bits per heavy atom. The van der Waals surface area contributed by atoms with Gasteiger partial charge in [0.25, 0.3) is 0 Å². The molecule has 1 unspecified atom stereocenters. The van der Waals surface area contributed by atoms with Crippen molar-refractivity contribution in [3.8, 4) is 5.75 Å². The van der Waals surface area contributed by atoms with Gasteiger partial charge >= 0.3 is 0 Å². The maximum atomic E-state index is 6.24. The third kappa shape index (κ3) is 2.86. The summed E-state index contributed by atoms with van der Waals surface area (Å²) in [6.45, 7) is 5.16. The van der Waals surface area contributed by atoms with Crippen molar-refractivity contribution >= 4 is 27.3 Å². The number of likely N-dealkylation sites (N-methyl/N-ethyl adjacent to an activating group) is 1. The lowest BCUT2D eigenvalue weighted by molar-refractivity contribution is 0.155. The van der Waals surface area contributed by atoms with Crippen molar-refractivity contribution < 1.29 is 4.74 Å². The second kappa shape index (κ2) is 5.65. The first-order valence-corrected chi connectivity index (χ1v) is 8.14. The standard InChI is InChI=1S/C15H16BrNOS/c1-2-17-8-11-5-3-4-6-13(11)18-14(9-17)15-7-12(16)10-19-15/h3-7,10,14H,2,8-9H2,1H3. The van der Waals surface area contributed by atoms with E-state index in [0.29, 0.717) is 0 Å². The lowest BCUT2D eigenvalue weighted by atomic mass is 10.2. The van der Waals surface area contributed by atoms with Crippen LogP contribution in [0.1, 0.15) is 23.5 Å². The Bertz CT molecular complexity index is 569. The number of thiophene rings is 1. The number of hydrogen-bond acceptors (Lipinski definition) is 3. The molecule has 2 heterocycles. The van der Waals surface area contributed by atoms with E-state index in [9.17, 15) is 0 Å². The molecule has 1 aliphatic heterocycles. The molecule has 1 aromatic carbocycles. The van der Waals surface area contributed by atoms with Crippen molar-refractivity contribution in [2.24, 2.45) is 0 Å². The van der Waals surface area contributed by atoms with Crippen molar-refractivity contribution in [1.29, 1.82) is 0 Å². The fourth-order valence-corrected chi connectivity index (χ4v) is 3.83. The van der Waals surface area contributed by atoms with Crippen molar-refractivity contribution in [3.05, 3.63) is 50.6 Å². The summed E-state index contributed by atoms with van der Waals surface area (Å²) in [5.74, 6) is 1.02. The van der Waals surface area contributed by atoms with Crippen LogP contribution in [0.4, 0.5) is 0 Å². The van der Waals surface area contributed by atoms with E-state index in [0.717, 1.165) is 29.9 Å². The van der Waals surface area contributed by atoms with Gasteiger partial charge in [-0.15, -0.1) is 11.3 Å². The van der Waals surface area contributed by atoms with Crippen LogP contribution < -0.4 is 4.74 Å². The normalized spacial score (nSPS) is 19.6. The van der Waals surface area contributed by atoms with E-state index in [2.05, 4.69) is 57.4 Å². The lowest BCUT2D eigenvalue weighted by Gasteiger charge is -2.21. The van der Waals surface area contributed by atoms with Crippen LogP contribution in [-0.2, 0) is 6.54 Å². The Kier molecular flexibility index (Phi) is 3.91. The Morgan fingerprint density at radius 1 is 1.42 bits per heavy atom. The molecule has 1 aliphatic rings. The molecular formula is C15H16BrNOS. The summed E-state index contributed by atoms with van der Waals surface area (Å²) >= 11 is 5.28. The third-order valence-electron chi connectivity index (χ3n) is 3.41. The summed E-state index contributed by atoms with van der Waals surface area (Å²) in [6.07, 6.45) is 0.125. The minimum atomic E-state index is 0.125. The van der Waals surface area contributed by atoms with Crippen molar-refractivity contribution in [2.45, 2.75) is 19.6 Å². The predicted octanol–water partition coefficient (Wildman–Crippen LogP) is 4.47. The molecule has 0 saturated heterocycles. The number of nitrogens with zero attached hydrogens (tertiary/aromatic N) is 1. The molecular weight excluding hydrogens is 322 g/mol. The van der Waals surface area contributed by atoms with Gasteiger partial charge in [0.05, 0.1) is 0 Å². The molecule has 0 radical (unpaired) electrons. The fourth-order valence-electron chi connectivity index (χ4n) is 2.37. The molecule has 1 aromatic heterocycles. The Labute approximate surface area is 126 Å². The zero-order valence-corrected chi connectivity index (χ0v) is 13.2. The summed E-state index contributed by atoms with van der Waals surface area (Å²) in [5, 5.41) is 2.12.